The molecule has 0 saturated carbocycles. The molecule has 0 aliphatic rings. The third kappa shape index (κ3) is 9790. The van der Waals surface area contributed by atoms with Gasteiger partial charge in [0.2, 0.25) is 0 Å². The quantitative estimate of drug-likeness (QED) is 0.107. The van der Waals surface area contributed by atoms with Crippen molar-refractivity contribution in [2.45, 2.75) is 0 Å². The van der Waals surface area contributed by atoms with E-state index in [9.17, 15) is 0 Å². The molecule has 380 valence electrons. The fourth-order valence-corrected chi connectivity index (χ4v) is 0. The predicted octanol–water partition coefficient (Wildman–Crippen LogP) is -3.15. The Morgan fingerprint density at radius 1 is 0.100 bits per heavy atom. The van der Waals surface area contributed by atoms with Crippen molar-refractivity contribution >= 4 is 281 Å². The van der Waals surface area contributed by atoms with E-state index in [1.807, 2.05) is 0 Å². The van der Waals surface area contributed by atoms with Crippen molar-refractivity contribution in [3.63, 3.8) is 0 Å². The fraction of sp³-hybridized carbons (Fsp3) is 0. The van der Waals surface area contributed by atoms with Crippen LogP contribution in [0.1, 0.15) is 0 Å². The van der Waals surface area contributed by atoms with Crippen molar-refractivity contribution in [3.05, 3.63) is 0 Å². The summed E-state index contributed by atoms with van der Waals surface area (Å²) in [4.78, 5) is 128. The van der Waals surface area contributed by atoms with Crippen molar-refractivity contribution in [2.24, 2.45) is 0 Å². The Balaban J connectivity index is -0.0000000133. The van der Waals surface area contributed by atoms with Crippen LogP contribution in [0, 0.1) is 0 Å². The Kier molecular flexibility index (Phi) is 377. The summed E-state index contributed by atoms with van der Waals surface area (Å²) in [5, 5.41) is 209. The molecule has 45 nitrogen and oxygen atoms in total. The second-order valence-electron chi connectivity index (χ2n) is 4.24. The van der Waals surface area contributed by atoms with Crippen molar-refractivity contribution in [1.82, 2.24) is 0 Å². The van der Waals surface area contributed by atoms with E-state index in [0.29, 0.717) is 0 Å². The van der Waals surface area contributed by atoms with Gasteiger partial charge in [-0.25, -0.2) is 71.9 Å². The molecule has 0 aliphatic carbocycles. The summed E-state index contributed by atoms with van der Waals surface area (Å²) in [5.41, 5.74) is 0. The van der Waals surface area contributed by atoms with Crippen LogP contribution in [0.4, 0.5) is 71.9 Å². The van der Waals surface area contributed by atoms with E-state index in [0.717, 1.165) is 0 Å². The van der Waals surface area contributed by atoms with Gasteiger partial charge in [0.15, 0.2) is 0 Å². The molecule has 0 aromatic carbocycles. The van der Waals surface area contributed by atoms with Crippen molar-refractivity contribution in [1.29, 1.82) is 0 Å². The topological polar surface area (TPSA) is 863 Å². The summed E-state index contributed by atoms with van der Waals surface area (Å²) in [6.45, 7) is 0. The van der Waals surface area contributed by atoms with Gasteiger partial charge in [0, 0.05) is 0 Å². The van der Waals surface area contributed by atoms with Crippen molar-refractivity contribution in [2.75, 3.05) is 0 Å². The van der Waals surface area contributed by atoms with Gasteiger partial charge in [0.05, 0.1) is 0 Å². The molecular formula is C15H40Li10O45. The standard InChI is InChI=1S/15CH2O3.10Li.10H/c15*2-1(3)4;;;;;;;;;;;;;;;;;;;;/h15*(H2,2,3,4);;;;;;;;;;;;;;;;;;;;. The molecule has 0 radical (unpaired) electrons. The summed E-state index contributed by atoms with van der Waals surface area (Å²) in [5.74, 6) is 0. The van der Waals surface area contributed by atoms with Crippen LogP contribution in [0.2, 0.25) is 0 Å². The Morgan fingerprint density at radius 2 is 0.100 bits per heavy atom. The Bertz CT molecular complexity index is 787. The second kappa shape index (κ2) is 159. The summed E-state index contributed by atoms with van der Waals surface area (Å²) < 4.78 is 0. The molecule has 0 amide bonds. The molecule has 0 bridgehead atoms. The molecule has 55 heteroatoms. The molecule has 0 aliphatic heterocycles. The second-order valence-corrected chi connectivity index (χ2v) is 4.24. The first-order valence-corrected chi connectivity index (χ1v) is 9.77. The van der Waals surface area contributed by atoms with Crippen LogP contribution in [-0.2, 0) is 0 Å². The van der Waals surface area contributed by atoms with E-state index >= 15 is 0 Å². The first-order chi connectivity index (χ1) is 26.0. The van der Waals surface area contributed by atoms with Crippen LogP contribution in [0.3, 0.4) is 0 Å². The van der Waals surface area contributed by atoms with Crippen LogP contribution in [-0.4, -0.2) is 434 Å². The molecule has 0 atom stereocenters. The van der Waals surface area contributed by atoms with Gasteiger partial charge < -0.3 is 153 Å². The summed E-state index contributed by atoms with van der Waals surface area (Å²) in [6, 6.07) is 0. The van der Waals surface area contributed by atoms with Gasteiger partial charge >= 0.3 is 281 Å². The van der Waals surface area contributed by atoms with E-state index in [4.69, 9.17) is 225 Å². The Labute approximate surface area is 501 Å². The molecule has 0 heterocycles. The molecule has 70 heavy (non-hydrogen) atoms. The zero-order valence-electron chi connectivity index (χ0n) is 27.0. The van der Waals surface area contributed by atoms with Gasteiger partial charge in [-0.05, 0) is 0 Å². The first-order valence-electron chi connectivity index (χ1n) is 9.77. The van der Waals surface area contributed by atoms with Gasteiger partial charge in [-0.1, -0.05) is 0 Å². The van der Waals surface area contributed by atoms with Gasteiger partial charge in [-0.15, -0.1) is 0 Å². The number of hydrogen-bond donors (Lipinski definition) is 30. The SMILES string of the molecule is O=C(O)O.O=C(O)O.O=C(O)O.O=C(O)O.O=C(O)O.O=C(O)O.O=C(O)O.O=C(O)O.O=C(O)O.O=C(O)O.O=C(O)O.O=C(O)O.O=C(O)O.O=C(O)O.O=C(O)O.[LiH].[LiH].[LiH].[LiH].[LiH].[LiH].[LiH].[LiH].[LiH].[LiH]. The maximum absolute atomic E-state index is 8.56. The third-order valence-electron chi connectivity index (χ3n) is 0. The summed E-state index contributed by atoms with van der Waals surface area (Å²) in [7, 11) is 0. The summed E-state index contributed by atoms with van der Waals surface area (Å²) >= 11 is 0. The zero-order valence-corrected chi connectivity index (χ0v) is 27.0. The summed E-state index contributed by atoms with van der Waals surface area (Å²) in [6.07, 6.45) is -27.5. The minimum atomic E-state index is -1.83. The molecule has 30 N–H and O–H groups in total. The first kappa shape index (κ1) is 166. The van der Waals surface area contributed by atoms with Crippen LogP contribution in [0.15, 0.2) is 0 Å². The van der Waals surface area contributed by atoms with E-state index < -0.39 is 92.3 Å². The zero-order chi connectivity index (χ0) is 53.7. The Morgan fingerprint density at radius 3 is 0.100 bits per heavy atom. The van der Waals surface area contributed by atoms with Crippen LogP contribution in [0.5, 0.6) is 0 Å². The molecule has 0 spiro atoms. The van der Waals surface area contributed by atoms with Gasteiger partial charge in [0.1, 0.15) is 0 Å². The molecule has 0 aromatic heterocycles. The number of carbonyl (C=O) groups is 15. The third-order valence-corrected chi connectivity index (χ3v) is 0. The molecule has 0 unspecified atom stereocenters. The van der Waals surface area contributed by atoms with E-state index in [-0.39, 0.29) is 189 Å². The van der Waals surface area contributed by atoms with Gasteiger partial charge in [-0.3, -0.25) is 0 Å². The average Bonchev–Trinajstić information content (AvgIpc) is 2.78. The molecule has 0 rings (SSSR count). The van der Waals surface area contributed by atoms with Crippen LogP contribution in [0.25, 0.3) is 0 Å². The van der Waals surface area contributed by atoms with Crippen molar-refractivity contribution < 1.29 is 225 Å². The Hall–Kier alpha value is -4.98. The number of carboxylic acid groups (broad SMARTS) is 30. The van der Waals surface area contributed by atoms with Crippen LogP contribution >= 0.6 is 0 Å². The molecule has 0 fully saturated rings. The van der Waals surface area contributed by atoms with E-state index in [1.54, 1.807) is 0 Å². The average molecular weight is 1010 g/mol. The maximum atomic E-state index is 8.56. The van der Waals surface area contributed by atoms with Crippen molar-refractivity contribution in [3.8, 4) is 0 Å². The normalized spacial score (nSPS) is 5.14. The van der Waals surface area contributed by atoms with E-state index in [1.165, 1.54) is 0 Å². The van der Waals surface area contributed by atoms with Crippen LogP contribution < -0.4 is 0 Å². The van der Waals surface area contributed by atoms with E-state index in [2.05, 4.69) is 0 Å². The van der Waals surface area contributed by atoms with Gasteiger partial charge in [0.25, 0.3) is 0 Å². The fourth-order valence-electron chi connectivity index (χ4n) is 0. The number of hydrogen-bond acceptors (Lipinski definition) is 15. The molecule has 0 saturated heterocycles. The molecule has 0 aromatic rings. The monoisotopic (exact) mass is 1010 g/mol. The van der Waals surface area contributed by atoms with Gasteiger partial charge in [-0.2, -0.15) is 0 Å². The predicted molar refractivity (Wildman–Crippen MR) is 231 cm³/mol. The molecular weight excluding hydrogens is 970 g/mol. The minimum absolute atomic E-state index is 0. The number of rotatable bonds is 0.